The van der Waals surface area contributed by atoms with Crippen LogP contribution in [0.2, 0.25) is 25.7 Å². The molecule has 46 heavy (non-hydrogen) atoms. The molecule has 0 saturated carbocycles. The van der Waals surface area contributed by atoms with Gasteiger partial charge < -0.3 is 19.4 Å². The Hall–Kier alpha value is -4.74. The van der Waals surface area contributed by atoms with Crippen molar-refractivity contribution in [2.75, 3.05) is 19.0 Å². The lowest BCUT2D eigenvalue weighted by Gasteiger charge is -2.20. The van der Waals surface area contributed by atoms with Gasteiger partial charge in [-0.05, 0) is 62.7 Å². The number of aryl methyl sites for hydroxylation is 2. The zero-order valence-electron chi connectivity index (χ0n) is 27.5. The monoisotopic (exact) mass is 635 g/mol. The molecule has 0 amide bonds. The van der Waals surface area contributed by atoms with Crippen molar-refractivity contribution >= 4 is 30.4 Å². The summed E-state index contributed by atoms with van der Waals surface area (Å²) in [5.41, 5.74) is 5.72. The Balaban J connectivity index is 1.48. The van der Waals surface area contributed by atoms with Gasteiger partial charge in [-0.25, -0.2) is 14.5 Å². The van der Waals surface area contributed by atoms with Crippen molar-refractivity contribution in [2.45, 2.75) is 59.2 Å². The minimum Gasteiger partial charge on any atom is -0.496 e. The van der Waals surface area contributed by atoms with Crippen LogP contribution in [-0.2, 0) is 11.5 Å². The molecule has 0 fully saturated rings. The number of fused-ring (bicyclic) bond motifs is 2. The first-order valence-corrected chi connectivity index (χ1v) is 19.3. The Kier molecular flexibility index (Phi) is 8.54. The standard InChI is InChI=1S/C35H41N7O3Si/c1-23-13-14-29(44-4)27(19-23)28-20-40(22-45-17-18-46(5,6)7)34-30(28)32(36-21-37-34)38-25(3)33-39-41-16-15-24(2)31(41)35(43)42(33)26-11-9-8-10-12-26/h8-16,19-21,25H,17-18,22H2,1-7H3,(H,36,37,38). The quantitative estimate of drug-likeness (QED) is 0.121. The lowest BCUT2D eigenvalue weighted by molar-refractivity contribution is 0.0899. The van der Waals surface area contributed by atoms with E-state index >= 15 is 0 Å². The molecule has 0 aliphatic heterocycles. The van der Waals surface area contributed by atoms with Crippen molar-refractivity contribution in [2.24, 2.45) is 0 Å². The first kappa shape index (κ1) is 31.2. The van der Waals surface area contributed by atoms with Crippen LogP contribution in [-0.4, -0.2) is 50.5 Å². The maximum Gasteiger partial charge on any atom is 0.282 e. The summed E-state index contributed by atoms with van der Waals surface area (Å²) in [6.07, 6.45) is 5.45. The number of benzene rings is 2. The summed E-state index contributed by atoms with van der Waals surface area (Å²) in [6, 6.07) is 18.3. The number of aromatic nitrogens is 6. The normalized spacial score (nSPS) is 12.6. The van der Waals surface area contributed by atoms with Gasteiger partial charge in [-0.2, -0.15) is 5.10 Å². The SMILES string of the molecule is COc1ccc(C)cc1-c1cn(COCC[Si](C)(C)C)c2ncnc(NC(C)c3nn4ccc(C)c4c(=O)n3-c3ccccc3)c12. The molecule has 0 radical (unpaired) electrons. The number of rotatable bonds is 11. The lowest BCUT2D eigenvalue weighted by atomic mass is 10.0. The van der Waals surface area contributed by atoms with Crippen molar-refractivity contribution in [1.29, 1.82) is 0 Å². The van der Waals surface area contributed by atoms with E-state index in [0.717, 1.165) is 50.8 Å². The van der Waals surface area contributed by atoms with Crippen molar-refractivity contribution in [3.05, 3.63) is 101 Å². The molecule has 0 spiro atoms. The van der Waals surface area contributed by atoms with Gasteiger partial charge in [0.05, 0.1) is 24.2 Å². The molecule has 238 valence electrons. The van der Waals surface area contributed by atoms with Crippen LogP contribution in [0.1, 0.15) is 29.9 Å². The van der Waals surface area contributed by atoms with Gasteiger partial charge in [-0.3, -0.25) is 9.36 Å². The fraction of sp³-hybridized carbons (Fsp3) is 0.314. The molecule has 10 nitrogen and oxygen atoms in total. The van der Waals surface area contributed by atoms with E-state index in [9.17, 15) is 4.79 Å². The Morgan fingerprint density at radius 3 is 2.52 bits per heavy atom. The highest BCUT2D eigenvalue weighted by atomic mass is 28.3. The van der Waals surface area contributed by atoms with Gasteiger partial charge >= 0.3 is 0 Å². The third-order valence-corrected chi connectivity index (χ3v) is 9.90. The topological polar surface area (TPSA) is 100 Å². The number of nitrogens with one attached hydrogen (secondary N) is 1. The molecular formula is C35H41N7O3Si. The predicted octanol–water partition coefficient (Wildman–Crippen LogP) is 7.01. The fourth-order valence-electron chi connectivity index (χ4n) is 5.72. The van der Waals surface area contributed by atoms with Gasteiger partial charge in [0, 0.05) is 38.2 Å². The van der Waals surface area contributed by atoms with Gasteiger partial charge in [0.15, 0.2) is 5.82 Å². The average molecular weight is 636 g/mol. The van der Waals surface area contributed by atoms with Gasteiger partial charge in [0.25, 0.3) is 5.56 Å². The fourth-order valence-corrected chi connectivity index (χ4v) is 6.47. The summed E-state index contributed by atoms with van der Waals surface area (Å²) in [6.45, 7) is 14.1. The maximum absolute atomic E-state index is 14.0. The zero-order chi connectivity index (χ0) is 32.6. The minimum atomic E-state index is -1.24. The molecule has 0 saturated heterocycles. The van der Waals surface area contributed by atoms with Crippen molar-refractivity contribution in [3.8, 4) is 22.6 Å². The summed E-state index contributed by atoms with van der Waals surface area (Å²) < 4.78 is 17.4. The molecule has 6 rings (SSSR count). The number of nitrogens with zero attached hydrogens (tertiary/aromatic N) is 6. The van der Waals surface area contributed by atoms with E-state index in [4.69, 9.17) is 24.5 Å². The highest BCUT2D eigenvalue weighted by molar-refractivity contribution is 6.76. The van der Waals surface area contributed by atoms with Crippen LogP contribution in [0.5, 0.6) is 5.75 Å². The Bertz CT molecular complexity index is 2080. The lowest BCUT2D eigenvalue weighted by Crippen LogP contribution is -2.29. The Morgan fingerprint density at radius 1 is 1.00 bits per heavy atom. The van der Waals surface area contributed by atoms with Gasteiger partial charge in [-0.15, -0.1) is 0 Å². The zero-order valence-corrected chi connectivity index (χ0v) is 28.5. The van der Waals surface area contributed by atoms with E-state index in [0.29, 0.717) is 30.5 Å². The molecule has 6 aromatic rings. The summed E-state index contributed by atoms with van der Waals surface area (Å²) in [7, 11) is 0.436. The second-order valence-corrected chi connectivity index (χ2v) is 18.6. The van der Waals surface area contributed by atoms with Crippen LogP contribution in [0.4, 0.5) is 5.82 Å². The summed E-state index contributed by atoms with van der Waals surface area (Å²) in [5, 5.41) is 9.36. The molecule has 0 aliphatic rings. The smallest absolute Gasteiger partial charge is 0.282 e. The van der Waals surface area contributed by atoms with E-state index in [1.807, 2.05) is 73.1 Å². The largest absolute Gasteiger partial charge is 0.496 e. The number of hydrogen-bond acceptors (Lipinski definition) is 7. The predicted molar refractivity (Wildman–Crippen MR) is 186 cm³/mol. The highest BCUT2D eigenvalue weighted by Gasteiger charge is 2.24. The van der Waals surface area contributed by atoms with Crippen molar-refractivity contribution < 1.29 is 9.47 Å². The van der Waals surface area contributed by atoms with E-state index in [1.54, 1.807) is 22.5 Å². The van der Waals surface area contributed by atoms with Gasteiger partial charge in [0.2, 0.25) is 0 Å². The third kappa shape index (κ3) is 6.07. The number of hydrogen-bond donors (Lipinski definition) is 1. The highest BCUT2D eigenvalue weighted by Crippen LogP contribution is 2.40. The second kappa shape index (κ2) is 12.6. The van der Waals surface area contributed by atoms with E-state index in [1.165, 1.54) is 0 Å². The van der Waals surface area contributed by atoms with Crippen LogP contribution in [0.3, 0.4) is 0 Å². The molecule has 1 unspecified atom stereocenters. The molecule has 4 heterocycles. The molecule has 0 bridgehead atoms. The average Bonchev–Trinajstić information content (AvgIpc) is 3.60. The summed E-state index contributed by atoms with van der Waals surface area (Å²) >= 11 is 0. The second-order valence-electron chi connectivity index (χ2n) is 13.0. The molecule has 4 aromatic heterocycles. The Morgan fingerprint density at radius 2 is 1.78 bits per heavy atom. The first-order valence-electron chi connectivity index (χ1n) is 15.5. The van der Waals surface area contributed by atoms with Crippen molar-refractivity contribution in [1.82, 2.24) is 28.7 Å². The molecule has 1 N–H and O–H groups in total. The van der Waals surface area contributed by atoms with Crippen LogP contribution >= 0.6 is 0 Å². The number of anilines is 1. The van der Waals surface area contributed by atoms with Crippen molar-refractivity contribution in [3.63, 3.8) is 0 Å². The van der Waals surface area contributed by atoms with Crippen LogP contribution in [0.15, 0.2) is 78.1 Å². The minimum absolute atomic E-state index is 0.132. The Labute approximate surface area is 269 Å². The maximum atomic E-state index is 14.0. The number of para-hydroxylation sites is 1. The summed E-state index contributed by atoms with van der Waals surface area (Å²) in [4.78, 5) is 23.4. The van der Waals surface area contributed by atoms with Crippen LogP contribution in [0, 0.1) is 13.8 Å². The molecule has 1 atom stereocenters. The van der Waals surface area contributed by atoms with E-state index in [2.05, 4.69) is 44.1 Å². The number of methoxy groups -OCH3 is 1. The van der Waals surface area contributed by atoms with E-state index < -0.39 is 14.1 Å². The number of ether oxygens (including phenoxy) is 2. The molecule has 0 aliphatic carbocycles. The van der Waals surface area contributed by atoms with E-state index in [-0.39, 0.29) is 5.56 Å². The van der Waals surface area contributed by atoms with Crippen LogP contribution in [0.25, 0.3) is 33.4 Å². The molecule has 11 heteroatoms. The summed E-state index contributed by atoms with van der Waals surface area (Å²) in [5.74, 6) is 1.92. The first-order chi connectivity index (χ1) is 22.1. The van der Waals surface area contributed by atoms with Gasteiger partial charge in [0.1, 0.15) is 35.8 Å². The molecular weight excluding hydrogens is 595 g/mol. The van der Waals surface area contributed by atoms with Gasteiger partial charge in [-0.1, -0.05) is 49.5 Å². The van der Waals surface area contributed by atoms with Crippen LogP contribution < -0.4 is 15.6 Å². The molecule has 2 aromatic carbocycles. The third-order valence-electron chi connectivity index (χ3n) is 8.19.